The van der Waals surface area contributed by atoms with E-state index in [1.165, 1.54) is 0 Å². The Morgan fingerprint density at radius 3 is 2.37 bits per heavy atom. The predicted molar refractivity (Wildman–Crippen MR) is 85.3 cm³/mol. The van der Waals surface area contributed by atoms with E-state index < -0.39 is 5.41 Å². The average molecular weight is 350 g/mol. The van der Waals surface area contributed by atoms with Crippen LogP contribution in [0, 0.1) is 5.41 Å². The summed E-state index contributed by atoms with van der Waals surface area (Å²) in [7, 11) is 0. The molecule has 3 nitrogen and oxygen atoms in total. The van der Waals surface area contributed by atoms with Crippen LogP contribution in [0.25, 0.3) is 0 Å². The van der Waals surface area contributed by atoms with E-state index in [2.05, 4.69) is 21.2 Å². The number of nitrogens with two attached hydrogens (primary N) is 1. The van der Waals surface area contributed by atoms with Crippen molar-refractivity contribution in [1.29, 1.82) is 0 Å². The number of rotatable bonds is 6. The molecule has 0 aliphatic rings. The van der Waals surface area contributed by atoms with Crippen molar-refractivity contribution in [3.8, 4) is 0 Å². The fourth-order valence-corrected chi connectivity index (χ4v) is 2.38. The van der Waals surface area contributed by atoms with E-state index in [4.69, 9.17) is 5.73 Å². The number of hydrogen-bond acceptors (Lipinski definition) is 2. The van der Waals surface area contributed by atoms with Crippen LogP contribution in [0.1, 0.15) is 32.3 Å². The van der Waals surface area contributed by atoms with Gasteiger partial charge in [-0.15, -0.1) is 12.4 Å². The second-order valence-electron chi connectivity index (χ2n) is 4.47. The molecule has 1 amide bonds. The number of halogens is 2. The Labute approximate surface area is 129 Å². The number of hydrogen-bond donors (Lipinski definition) is 2. The number of nitrogens with one attached hydrogen (secondary N) is 1. The molecule has 1 aromatic carbocycles. The standard InChI is InChI=1S/C14H21BrN2O.ClH/c1-3-14(4-2,10-16)13(18)17-9-11-7-5-6-8-12(11)15;/h5-8H,3-4,9-10,16H2,1-2H3,(H,17,18);1H. The first-order valence-corrected chi connectivity index (χ1v) is 7.10. The molecule has 0 atom stereocenters. The minimum atomic E-state index is -0.429. The van der Waals surface area contributed by atoms with Gasteiger partial charge in [0.1, 0.15) is 0 Å². The molecular formula is C14H22BrClN2O. The zero-order chi connectivity index (χ0) is 13.6. The van der Waals surface area contributed by atoms with Gasteiger partial charge in [0.2, 0.25) is 5.91 Å². The van der Waals surface area contributed by atoms with Crippen LogP contribution in [-0.2, 0) is 11.3 Å². The molecule has 0 unspecified atom stereocenters. The molecule has 3 N–H and O–H groups in total. The Morgan fingerprint density at radius 2 is 1.89 bits per heavy atom. The van der Waals surface area contributed by atoms with Crippen LogP contribution in [0.2, 0.25) is 0 Å². The number of benzene rings is 1. The van der Waals surface area contributed by atoms with Crippen molar-refractivity contribution >= 4 is 34.2 Å². The van der Waals surface area contributed by atoms with Crippen LogP contribution in [0.4, 0.5) is 0 Å². The maximum absolute atomic E-state index is 12.2. The van der Waals surface area contributed by atoms with Gasteiger partial charge in [0.15, 0.2) is 0 Å². The lowest BCUT2D eigenvalue weighted by Gasteiger charge is -2.28. The summed E-state index contributed by atoms with van der Waals surface area (Å²) in [5.74, 6) is 0.0470. The van der Waals surface area contributed by atoms with Gasteiger partial charge < -0.3 is 11.1 Å². The molecule has 0 saturated carbocycles. The van der Waals surface area contributed by atoms with Gasteiger partial charge in [-0.3, -0.25) is 4.79 Å². The third kappa shape index (κ3) is 4.48. The van der Waals surface area contributed by atoms with Crippen LogP contribution < -0.4 is 11.1 Å². The second-order valence-corrected chi connectivity index (χ2v) is 5.32. The minimum Gasteiger partial charge on any atom is -0.351 e. The van der Waals surface area contributed by atoms with Crippen molar-refractivity contribution in [2.45, 2.75) is 33.2 Å². The Kier molecular flexibility index (Phi) is 8.30. The highest BCUT2D eigenvalue weighted by Gasteiger charge is 2.32. The van der Waals surface area contributed by atoms with Gasteiger partial charge in [-0.1, -0.05) is 48.0 Å². The molecule has 5 heteroatoms. The molecule has 108 valence electrons. The molecule has 0 bridgehead atoms. The lowest BCUT2D eigenvalue weighted by molar-refractivity contribution is -0.131. The quantitative estimate of drug-likeness (QED) is 0.828. The first-order valence-electron chi connectivity index (χ1n) is 6.31. The summed E-state index contributed by atoms with van der Waals surface area (Å²) in [5.41, 5.74) is 6.40. The van der Waals surface area contributed by atoms with Crippen molar-refractivity contribution in [2.75, 3.05) is 6.54 Å². The van der Waals surface area contributed by atoms with Crippen LogP contribution in [0.5, 0.6) is 0 Å². The molecular weight excluding hydrogens is 328 g/mol. The molecule has 0 fully saturated rings. The zero-order valence-electron chi connectivity index (χ0n) is 11.4. The molecule has 0 saturated heterocycles. The highest BCUT2D eigenvalue weighted by Crippen LogP contribution is 2.25. The fourth-order valence-electron chi connectivity index (χ4n) is 1.96. The molecule has 0 spiro atoms. The summed E-state index contributed by atoms with van der Waals surface area (Å²) < 4.78 is 1.01. The SMILES string of the molecule is CCC(CC)(CN)C(=O)NCc1ccccc1Br.Cl. The lowest BCUT2D eigenvalue weighted by atomic mass is 9.81. The predicted octanol–water partition coefficient (Wildman–Crippen LogP) is 3.25. The maximum Gasteiger partial charge on any atom is 0.227 e. The molecule has 1 aromatic rings. The van der Waals surface area contributed by atoms with Gasteiger partial charge in [0, 0.05) is 17.6 Å². The monoisotopic (exact) mass is 348 g/mol. The van der Waals surface area contributed by atoms with Crippen LogP contribution in [0.3, 0.4) is 0 Å². The largest absolute Gasteiger partial charge is 0.351 e. The van der Waals surface area contributed by atoms with E-state index in [1.807, 2.05) is 38.1 Å². The van der Waals surface area contributed by atoms with Crippen molar-refractivity contribution < 1.29 is 4.79 Å². The summed E-state index contributed by atoms with van der Waals surface area (Å²) in [6.45, 7) is 4.94. The summed E-state index contributed by atoms with van der Waals surface area (Å²) in [6, 6.07) is 7.88. The Hall–Kier alpha value is -0.580. The van der Waals surface area contributed by atoms with E-state index in [9.17, 15) is 4.79 Å². The third-order valence-corrected chi connectivity index (χ3v) is 4.40. The van der Waals surface area contributed by atoms with Gasteiger partial charge in [-0.2, -0.15) is 0 Å². The molecule has 1 rings (SSSR count). The summed E-state index contributed by atoms with van der Waals surface area (Å²) in [6.07, 6.45) is 1.53. The zero-order valence-corrected chi connectivity index (χ0v) is 13.8. The fraction of sp³-hybridized carbons (Fsp3) is 0.500. The third-order valence-electron chi connectivity index (χ3n) is 3.62. The smallest absolute Gasteiger partial charge is 0.227 e. The highest BCUT2D eigenvalue weighted by molar-refractivity contribution is 9.10. The Balaban J connectivity index is 0.00000324. The summed E-state index contributed by atoms with van der Waals surface area (Å²) >= 11 is 3.47. The lowest BCUT2D eigenvalue weighted by Crippen LogP contribution is -2.45. The van der Waals surface area contributed by atoms with Gasteiger partial charge in [0.25, 0.3) is 0 Å². The first kappa shape index (κ1) is 18.4. The Bertz CT molecular complexity index is 400. The van der Waals surface area contributed by atoms with Gasteiger partial charge >= 0.3 is 0 Å². The molecule has 0 aliphatic carbocycles. The summed E-state index contributed by atoms with van der Waals surface area (Å²) in [4.78, 5) is 12.2. The van der Waals surface area contributed by atoms with Crippen molar-refractivity contribution in [3.63, 3.8) is 0 Å². The van der Waals surface area contributed by atoms with Gasteiger partial charge in [0.05, 0.1) is 5.41 Å². The van der Waals surface area contributed by atoms with Crippen molar-refractivity contribution in [1.82, 2.24) is 5.32 Å². The molecule has 19 heavy (non-hydrogen) atoms. The van der Waals surface area contributed by atoms with Gasteiger partial charge in [-0.25, -0.2) is 0 Å². The number of carbonyl (C=O) groups excluding carboxylic acids is 1. The number of amides is 1. The van der Waals surface area contributed by atoms with Crippen LogP contribution >= 0.6 is 28.3 Å². The van der Waals surface area contributed by atoms with E-state index in [-0.39, 0.29) is 18.3 Å². The molecule has 0 heterocycles. The summed E-state index contributed by atoms with van der Waals surface area (Å²) in [5, 5.41) is 2.98. The Morgan fingerprint density at radius 1 is 1.32 bits per heavy atom. The van der Waals surface area contributed by atoms with E-state index >= 15 is 0 Å². The second kappa shape index (κ2) is 8.56. The van der Waals surface area contributed by atoms with Crippen molar-refractivity contribution in [2.24, 2.45) is 11.1 Å². The van der Waals surface area contributed by atoms with Crippen molar-refractivity contribution in [3.05, 3.63) is 34.3 Å². The average Bonchev–Trinajstić information content (AvgIpc) is 2.40. The number of carbonyl (C=O) groups is 1. The highest BCUT2D eigenvalue weighted by atomic mass is 79.9. The van der Waals surface area contributed by atoms with Crippen LogP contribution in [0.15, 0.2) is 28.7 Å². The topological polar surface area (TPSA) is 55.1 Å². The first-order chi connectivity index (χ1) is 8.59. The molecule has 0 aromatic heterocycles. The van der Waals surface area contributed by atoms with E-state index in [1.54, 1.807) is 0 Å². The molecule has 0 aliphatic heterocycles. The minimum absolute atomic E-state index is 0. The molecule has 0 radical (unpaired) electrons. The van der Waals surface area contributed by atoms with Crippen LogP contribution in [-0.4, -0.2) is 12.5 Å². The maximum atomic E-state index is 12.2. The van der Waals surface area contributed by atoms with Gasteiger partial charge in [-0.05, 0) is 24.5 Å². The van der Waals surface area contributed by atoms with E-state index in [0.717, 1.165) is 22.9 Å². The normalized spacial score (nSPS) is 10.7. The van der Waals surface area contributed by atoms with E-state index in [0.29, 0.717) is 13.1 Å².